The number of carbonyl (C=O) groups is 2. The van der Waals surface area contributed by atoms with E-state index in [1.165, 1.54) is 30.0 Å². The summed E-state index contributed by atoms with van der Waals surface area (Å²) >= 11 is 2.85. The number of ether oxygens (including phenoxy) is 1. The number of rotatable bonds is 11. The second-order valence-electron chi connectivity index (χ2n) is 10.2. The summed E-state index contributed by atoms with van der Waals surface area (Å²) in [6.07, 6.45) is 0.597. The molecule has 3 heterocycles. The molecule has 228 valence electrons. The molecule has 1 aliphatic heterocycles. The van der Waals surface area contributed by atoms with Crippen molar-refractivity contribution in [2.24, 2.45) is 5.10 Å². The van der Waals surface area contributed by atoms with Gasteiger partial charge in [-0.3, -0.25) is 9.59 Å². The number of hydrogen-bond acceptors (Lipinski definition) is 8. The molecule has 1 N–H and O–H groups in total. The lowest BCUT2D eigenvalue weighted by Crippen LogP contribution is -2.28. The molecule has 0 spiro atoms. The standard InChI is InChI=1S/C33H29FN6O3S2/c1-43-24-15-13-23(14-16-24)28-18-27(29-12-7-17-44-29)38-40(28)31(41)21-45-33-37-36-30(39(33)20-22-8-3-2-4-9-22)19-35-32(42)25-10-5-6-11-26(25)34/h2-17,28H,18-21H2,1H3,(H,35,42). The van der Waals surface area contributed by atoms with Crippen molar-refractivity contribution in [3.8, 4) is 5.75 Å². The van der Waals surface area contributed by atoms with E-state index in [-0.39, 0.29) is 29.8 Å². The van der Waals surface area contributed by atoms with Crippen LogP contribution in [0.2, 0.25) is 0 Å². The topological polar surface area (TPSA) is 102 Å². The van der Waals surface area contributed by atoms with Gasteiger partial charge in [-0.05, 0) is 46.8 Å². The lowest BCUT2D eigenvalue weighted by Gasteiger charge is -2.22. The van der Waals surface area contributed by atoms with Gasteiger partial charge >= 0.3 is 0 Å². The Morgan fingerprint density at radius 3 is 2.51 bits per heavy atom. The lowest BCUT2D eigenvalue weighted by molar-refractivity contribution is -0.130. The first kappa shape index (κ1) is 30.2. The van der Waals surface area contributed by atoms with Crippen LogP contribution in [0, 0.1) is 5.82 Å². The summed E-state index contributed by atoms with van der Waals surface area (Å²) in [7, 11) is 1.62. The van der Waals surface area contributed by atoms with Crippen molar-refractivity contribution in [3.63, 3.8) is 0 Å². The molecule has 12 heteroatoms. The van der Waals surface area contributed by atoms with Crippen molar-refractivity contribution in [3.05, 3.63) is 130 Å². The number of hydrazone groups is 1. The molecule has 0 fully saturated rings. The summed E-state index contributed by atoms with van der Waals surface area (Å²) in [6, 6.07) is 27.0. The van der Waals surface area contributed by atoms with E-state index in [9.17, 15) is 14.0 Å². The maximum Gasteiger partial charge on any atom is 0.254 e. The molecule has 0 bridgehead atoms. The molecule has 9 nitrogen and oxygen atoms in total. The molecule has 2 aromatic heterocycles. The predicted molar refractivity (Wildman–Crippen MR) is 172 cm³/mol. The average molecular weight is 641 g/mol. The number of hydrogen-bond donors (Lipinski definition) is 1. The number of thiophene rings is 1. The van der Waals surface area contributed by atoms with Gasteiger partial charge in [0.1, 0.15) is 11.6 Å². The second kappa shape index (κ2) is 13.9. The van der Waals surface area contributed by atoms with E-state index in [1.54, 1.807) is 29.5 Å². The fraction of sp³-hybridized carbons (Fsp3) is 0.182. The van der Waals surface area contributed by atoms with Crippen LogP contribution >= 0.6 is 23.1 Å². The van der Waals surface area contributed by atoms with Gasteiger partial charge in [-0.2, -0.15) is 5.10 Å². The normalized spacial score (nSPS) is 14.3. The number of amides is 2. The van der Waals surface area contributed by atoms with Gasteiger partial charge in [0, 0.05) is 6.42 Å². The van der Waals surface area contributed by atoms with Gasteiger partial charge in [-0.1, -0.05) is 72.4 Å². The third-order valence-electron chi connectivity index (χ3n) is 7.30. The van der Waals surface area contributed by atoms with Crippen LogP contribution in [-0.2, 0) is 17.9 Å². The van der Waals surface area contributed by atoms with E-state index in [0.29, 0.717) is 23.9 Å². The molecule has 1 atom stereocenters. The van der Waals surface area contributed by atoms with E-state index < -0.39 is 11.7 Å². The second-order valence-corrected chi connectivity index (χ2v) is 12.1. The lowest BCUT2D eigenvalue weighted by atomic mass is 10.0. The minimum atomic E-state index is -0.602. The first-order valence-electron chi connectivity index (χ1n) is 14.2. The smallest absolute Gasteiger partial charge is 0.254 e. The molecule has 2 amide bonds. The van der Waals surface area contributed by atoms with Crippen molar-refractivity contribution in [1.82, 2.24) is 25.1 Å². The summed E-state index contributed by atoms with van der Waals surface area (Å²) in [5.74, 6) is -0.0318. The Labute approximate surface area is 267 Å². The van der Waals surface area contributed by atoms with Crippen LogP contribution in [0.1, 0.15) is 44.6 Å². The fourth-order valence-electron chi connectivity index (χ4n) is 4.99. The van der Waals surface area contributed by atoms with Gasteiger partial charge < -0.3 is 14.6 Å². The molecule has 6 rings (SSSR count). The van der Waals surface area contributed by atoms with Crippen molar-refractivity contribution in [1.29, 1.82) is 0 Å². The van der Waals surface area contributed by atoms with E-state index in [0.717, 1.165) is 27.5 Å². The van der Waals surface area contributed by atoms with E-state index in [4.69, 9.17) is 9.84 Å². The van der Waals surface area contributed by atoms with Gasteiger partial charge in [0.2, 0.25) is 0 Å². The summed E-state index contributed by atoms with van der Waals surface area (Å²) in [5.41, 5.74) is 2.77. The van der Waals surface area contributed by atoms with E-state index in [1.807, 2.05) is 76.7 Å². The Morgan fingerprint density at radius 1 is 1.00 bits per heavy atom. The summed E-state index contributed by atoms with van der Waals surface area (Å²) in [6.45, 7) is 0.454. The molecular weight excluding hydrogens is 612 g/mol. The molecular formula is C33H29FN6O3S2. The molecule has 1 unspecified atom stereocenters. The first-order chi connectivity index (χ1) is 22.0. The van der Waals surface area contributed by atoms with Gasteiger partial charge in [-0.25, -0.2) is 9.40 Å². The quantitative estimate of drug-likeness (QED) is 0.180. The molecule has 0 aliphatic carbocycles. The average Bonchev–Trinajstić information content (AvgIpc) is 3.84. The number of aromatic nitrogens is 3. The number of nitrogens with one attached hydrogen (secondary N) is 1. The number of halogens is 1. The van der Waals surface area contributed by atoms with E-state index in [2.05, 4.69) is 15.5 Å². The molecule has 3 aromatic carbocycles. The zero-order valence-corrected chi connectivity index (χ0v) is 25.9. The van der Waals surface area contributed by atoms with Crippen LogP contribution in [-0.4, -0.2) is 50.2 Å². The maximum atomic E-state index is 14.2. The minimum absolute atomic E-state index is 0.0294. The molecule has 45 heavy (non-hydrogen) atoms. The van der Waals surface area contributed by atoms with Gasteiger partial charge in [0.15, 0.2) is 11.0 Å². The Kier molecular flexibility index (Phi) is 9.32. The highest BCUT2D eigenvalue weighted by Crippen LogP contribution is 2.35. The van der Waals surface area contributed by atoms with Gasteiger partial charge in [0.25, 0.3) is 11.8 Å². The van der Waals surface area contributed by atoms with E-state index >= 15 is 0 Å². The summed E-state index contributed by atoms with van der Waals surface area (Å²) < 4.78 is 21.4. The number of thioether (sulfide) groups is 1. The highest BCUT2D eigenvalue weighted by molar-refractivity contribution is 7.99. The summed E-state index contributed by atoms with van der Waals surface area (Å²) in [5, 5.41) is 20.3. The predicted octanol–water partition coefficient (Wildman–Crippen LogP) is 5.94. The third-order valence-corrected chi connectivity index (χ3v) is 9.17. The SMILES string of the molecule is COc1ccc(C2CC(c3cccs3)=NN2C(=O)CSc2nnc(CNC(=O)c3ccccc3F)n2Cc2ccccc2)cc1. The molecule has 0 radical (unpaired) electrons. The highest BCUT2D eigenvalue weighted by Gasteiger charge is 2.33. The number of benzene rings is 3. The van der Waals surface area contributed by atoms with Crippen LogP contribution in [0.15, 0.2) is 107 Å². The number of methoxy groups -OCH3 is 1. The number of carbonyl (C=O) groups excluding carboxylic acids is 2. The Morgan fingerprint density at radius 2 is 1.78 bits per heavy atom. The zero-order valence-electron chi connectivity index (χ0n) is 24.3. The largest absolute Gasteiger partial charge is 0.497 e. The highest BCUT2D eigenvalue weighted by atomic mass is 32.2. The van der Waals surface area contributed by atoms with Gasteiger partial charge in [-0.15, -0.1) is 21.5 Å². The van der Waals surface area contributed by atoms with Crippen molar-refractivity contribution < 1.29 is 18.7 Å². The Balaban J connectivity index is 1.21. The minimum Gasteiger partial charge on any atom is -0.497 e. The van der Waals surface area contributed by atoms with Crippen molar-refractivity contribution >= 4 is 40.6 Å². The van der Waals surface area contributed by atoms with Crippen molar-refractivity contribution in [2.45, 2.75) is 30.7 Å². The zero-order chi connectivity index (χ0) is 31.2. The third kappa shape index (κ3) is 6.97. The summed E-state index contributed by atoms with van der Waals surface area (Å²) in [4.78, 5) is 27.5. The van der Waals surface area contributed by atoms with Crippen LogP contribution in [0.5, 0.6) is 5.75 Å². The van der Waals surface area contributed by atoms with Crippen LogP contribution in [0.25, 0.3) is 0 Å². The monoisotopic (exact) mass is 640 g/mol. The van der Waals surface area contributed by atoms with Crippen LogP contribution in [0.3, 0.4) is 0 Å². The fourth-order valence-corrected chi connectivity index (χ4v) is 6.52. The molecule has 0 saturated carbocycles. The molecule has 0 saturated heterocycles. The van der Waals surface area contributed by atoms with Crippen LogP contribution < -0.4 is 10.1 Å². The molecule has 5 aromatic rings. The Hall–Kier alpha value is -4.81. The number of nitrogens with zero attached hydrogens (tertiary/aromatic N) is 5. The van der Waals surface area contributed by atoms with Gasteiger partial charge in [0.05, 0.1) is 48.1 Å². The molecule has 1 aliphatic rings. The first-order valence-corrected chi connectivity index (χ1v) is 16.1. The maximum absolute atomic E-state index is 14.2. The van der Waals surface area contributed by atoms with Crippen LogP contribution in [0.4, 0.5) is 4.39 Å². The Bertz CT molecular complexity index is 1810. The van der Waals surface area contributed by atoms with Crippen molar-refractivity contribution in [2.75, 3.05) is 12.9 Å².